The van der Waals surface area contributed by atoms with Gasteiger partial charge in [0, 0.05) is 32.3 Å². The first kappa shape index (κ1) is 17.2. The van der Waals surface area contributed by atoms with E-state index in [1.54, 1.807) is 11.1 Å². The number of anilines is 1. The number of carbonyl (C=O) groups excluding carboxylic acids is 2. The maximum atomic E-state index is 12.7. The zero-order valence-electron chi connectivity index (χ0n) is 13.9. The van der Waals surface area contributed by atoms with Crippen LogP contribution >= 0.6 is 11.8 Å². The van der Waals surface area contributed by atoms with E-state index in [1.807, 2.05) is 19.1 Å². The molecule has 2 aliphatic rings. The van der Waals surface area contributed by atoms with E-state index in [1.165, 1.54) is 11.8 Å². The zero-order valence-corrected chi connectivity index (χ0v) is 14.7. The van der Waals surface area contributed by atoms with E-state index < -0.39 is 5.25 Å². The van der Waals surface area contributed by atoms with Crippen LogP contribution in [0.3, 0.4) is 0 Å². The fourth-order valence-electron chi connectivity index (χ4n) is 3.01. The van der Waals surface area contributed by atoms with Gasteiger partial charge in [-0.1, -0.05) is 18.7 Å². The van der Waals surface area contributed by atoms with Gasteiger partial charge in [0.2, 0.25) is 11.8 Å². The Balaban J connectivity index is 1.63. The first-order chi connectivity index (χ1) is 11.7. The van der Waals surface area contributed by atoms with Crippen LogP contribution in [-0.2, 0) is 14.3 Å². The molecule has 0 radical (unpaired) electrons. The lowest BCUT2D eigenvalue weighted by Crippen LogP contribution is -2.44. The Morgan fingerprint density at radius 1 is 1.54 bits per heavy atom. The van der Waals surface area contributed by atoms with Gasteiger partial charge in [0.05, 0.1) is 17.0 Å². The summed E-state index contributed by atoms with van der Waals surface area (Å²) in [5, 5.41) is 3.30. The molecule has 2 amide bonds. The lowest BCUT2D eigenvalue weighted by Gasteiger charge is -2.32. The lowest BCUT2D eigenvalue weighted by molar-refractivity contribution is -0.125. The summed E-state index contributed by atoms with van der Waals surface area (Å²) in [5.74, 6) is -0.109. The van der Waals surface area contributed by atoms with Crippen molar-refractivity contribution in [2.45, 2.75) is 49.0 Å². The van der Waals surface area contributed by atoms with Crippen molar-refractivity contribution in [1.82, 2.24) is 10.3 Å². The second-order valence-electron chi connectivity index (χ2n) is 6.07. The maximum absolute atomic E-state index is 12.7. The highest BCUT2D eigenvalue weighted by Crippen LogP contribution is 2.38. The van der Waals surface area contributed by atoms with Crippen molar-refractivity contribution in [3.63, 3.8) is 0 Å². The SMILES string of the molecule is CCCN1C(=O)C(CC(=O)NCC2CCCO2)Sc2ncccc21. The molecule has 0 aliphatic carbocycles. The minimum absolute atomic E-state index is 0.00498. The number of hydrogen-bond acceptors (Lipinski definition) is 5. The quantitative estimate of drug-likeness (QED) is 0.850. The number of rotatable bonds is 6. The molecule has 0 aromatic carbocycles. The Kier molecular flexibility index (Phi) is 5.73. The molecule has 0 bridgehead atoms. The van der Waals surface area contributed by atoms with Crippen LogP contribution < -0.4 is 10.2 Å². The molecular weight excluding hydrogens is 326 g/mol. The van der Waals surface area contributed by atoms with Gasteiger partial charge < -0.3 is 15.0 Å². The van der Waals surface area contributed by atoms with Crippen LogP contribution in [0, 0.1) is 0 Å². The van der Waals surface area contributed by atoms with Gasteiger partial charge in [-0.05, 0) is 31.4 Å². The van der Waals surface area contributed by atoms with Gasteiger partial charge in [0.25, 0.3) is 0 Å². The van der Waals surface area contributed by atoms with Gasteiger partial charge in [-0.3, -0.25) is 9.59 Å². The van der Waals surface area contributed by atoms with Crippen molar-refractivity contribution < 1.29 is 14.3 Å². The minimum Gasteiger partial charge on any atom is -0.376 e. The van der Waals surface area contributed by atoms with E-state index in [0.717, 1.165) is 36.6 Å². The average Bonchev–Trinajstić information content (AvgIpc) is 3.10. The highest BCUT2D eigenvalue weighted by atomic mass is 32.2. The molecule has 2 atom stereocenters. The van der Waals surface area contributed by atoms with Gasteiger partial charge in [-0.2, -0.15) is 0 Å². The molecular formula is C17H23N3O3S. The number of nitrogens with zero attached hydrogens (tertiary/aromatic N) is 2. The van der Waals surface area contributed by atoms with Crippen LogP contribution in [0.25, 0.3) is 0 Å². The molecule has 1 N–H and O–H groups in total. The standard InChI is InChI=1S/C17H23N3O3S/c1-2-8-20-13-6-3-7-18-16(13)24-14(17(20)22)10-15(21)19-11-12-5-4-9-23-12/h3,6-7,12,14H,2,4-5,8-11H2,1H3,(H,19,21). The van der Waals surface area contributed by atoms with Crippen molar-refractivity contribution in [2.75, 3.05) is 24.6 Å². The summed E-state index contributed by atoms with van der Waals surface area (Å²) in [6, 6.07) is 3.75. The molecule has 1 aromatic heterocycles. The molecule has 2 aliphatic heterocycles. The van der Waals surface area contributed by atoms with Gasteiger partial charge in [-0.25, -0.2) is 4.98 Å². The summed E-state index contributed by atoms with van der Waals surface area (Å²) in [7, 11) is 0. The second-order valence-corrected chi connectivity index (χ2v) is 7.26. The summed E-state index contributed by atoms with van der Waals surface area (Å²) in [6.07, 6.45) is 4.91. The van der Waals surface area contributed by atoms with Crippen molar-refractivity contribution in [2.24, 2.45) is 0 Å². The largest absolute Gasteiger partial charge is 0.376 e. The van der Waals surface area contributed by atoms with Crippen LogP contribution in [0.1, 0.15) is 32.6 Å². The van der Waals surface area contributed by atoms with E-state index in [4.69, 9.17) is 4.74 Å². The highest BCUT2D eigenvalue weighted by Gasteiger charge is 2.35. The van der Waals surface area contributed by atoms with Gasteiger partial charge >= 0.3 is 0 Å². The van der Waals surface area contributed by atoms with E-state index in [2.05, 4.69) is 10.3 Å². The third kappa shape index (κ3) is 3.89. The van der Waals surface area contributed by atoms with Crippen LogP contribution in [0.2, 0.25) is 0 Å². The Bertz CT molecular complexity index is 604. The Labute approximate surface area is 146 Å². The van der Waals surface area contributed by atoms with Gasteiger partial charge in [-0.15, -0.1) is 0 Å². The molecule has 0 saturated carbocycles. The summed E-state index contributed by atoms with van der Waals surface area (Å²) in [5.41, 5.74) is 0.852. The predicted molar refractivity (Wildman–Crippen MR) is 93.1 cm³/mol. The molecule has 1 fully saturated rings. The van der Waals surface area contributed by atoms with E-state index in [-0.39, 0.29) is 24.3 Å². The minimum atomic E-state index is -0.413. The molecule has 2 unspecified atom stereocenters. The lowest BCUT2D eigenvalue weighted by atomic mass is 10.2. The molecule has 1 aromatic rings. The monoisotopic (exact) mass is 349 g/mol. The van der Waals surface area contributed by atoms with Crippen molar-refractivity contribution >= 4 is 29.3 Å². The Morgan fingerprint density at radius 2 is 2.42 bits per heavy atom. The summed E-state index contributed by atoms with van der Waals surface area (Å²) >= 11 is 1.39. The number of pyridine rings is 1. The molecule has 130 valence electrons. The predicted octanol–water partition coefficient (Wildman–Crippen LogP) is 1.98. The zero-order chi connectivity index (χ0) is 16.9. The number of nitrogens with one attached hydrogen (secondary N) is 1. The van der Waals surface area contributed by atoms with Crippen LogP contribution in [0.4, 0.5) is 5.69 Å². The second kappa shape index (κ2) is 7.98. The number of carbonyl (C=O) groups is 2. The summed E-state index contributed by atoms with van der Waals surface area (Å²) in [6.45, 7) is 3.98. The number of hydrogen-bond donors (Lipinski definition) is 1. The fraction of sp³-hybridized carbons (Fsp3) is 0.588. The van der Waals surface area contributed by atoms with Crippen molar-refractivity contribution in [3.8, 4) is 0 Å². The normalized spacial score (nSPS) is 23.2. The smallest absolute Gasteiger partial charge is 0.241 e. The van der Waals surface area contributed by atoms with Crippen LogP contribution in [-0.4, -0.2) is 47.8 Å². The van der Waals surface area contributed by atoms with Gasteiger partial charge in [0.15, 0.2) is 0 Å². The van der Waals surface area contributed by atoms with Crippen LogP contribution in [0.5, 0.6) is 0 Å². The van der Waals surface area contributed by atoms with E-state index in [9.17, 15) is 9.59 Å². The maximum Gasteiger partial charge on any atom is 0.241 e. The number of amides is 2. The number of fused-ring (bicyclic) bond motifs is 1. The molecule has 0 spiro atoms. The first-order valence-electron chi connectivity index (χ1n) is 8.50. The van der Waals surface area contributed by atoms with E-state index >= 15 is 0 Å². The number of thioether (sulfide) groups is 1. The molecule has 3 rings (SSSR count). The molecule has 1 saturated heterocycles. The average molecular weight is 349 g/mol. The van der Waals surface area contributed by atoms with Crippen molar-refractivity contribution in [3.05, 3.63) is 18.3 Å². The summed E-state index contributed by atoms with van der Waals surface area (Å²) < 4.78 is 5.50. The fourth-order valence-corrected chi connectivity index (χ4v) is 4.17. The number of ether oxygens (including phenoxy) is 1. The molecule has 3 heterocycles. The third-order valence-corrected chi connectivity index (χ3v) is 5.40. The summed E-state index contributed by atoms with van der Waals surface area (Å²) in [4.78, 5) is 31.1. The molecule has 6 nitrogen and oxygen atoms in total. The number of aromatic nitrogens is 1. The molecule has 7 heteroatoms. The van der Waals surface area contributed by atoms with Crippen molar-refractivity contribution in [1.29, 1.82) is 0 Å². The Morgan fingerprint density at radius 3 is 3.17 bits per heavy atom. The van der Waals surface area contributed by atoms with Gasteiger partial charge in [0.1, 0.15) is 5.03 Å². The van der Waals surface area contributed by atoms with E-state index in [0.29, 0.717) is 13.1 Å². The Hall–Kier alpha value is -1.60. The van der Waals surface area contributed by atoms with Crippen LogP contribution in [0.15, 0.2) is 23.4 Å². The first-order valence-corrected chi connectivity index (χ1v) is 9.38. The molecule has 24 heavy (non-hydrogen) atoms. The third-order valence-electron chi connectivity index (χ3n) is 4.21. The highest BCUT2D eigenvalue weighted by molar-refractivity contribution is 8.00. The topological polar surface area (TPSA) is 71.5 Å².